The van der Waals surface area contributed by atoms with Crippen LogP contribution in [-0.4, -0.2) is 41.3 Å². The van der Waals surface area contributed by atoms with Crippen molar-refractivity contribution in [3.8, 4) is 0 Å². The van der Waals surface area contributed by atoms with Crippen molar-refractivity contribution in [2.75, 3.05) is 31.5 Å². The van der Waals surface area contributed by atoms with Crippen molar-refractivity contribution < 1.29 is 0 Å². The second-order valence-corrected chi connectivity index (χ2v) is 3.88. The van der Waals surface area contributed by atoms with Crippen LogP contribution in [0.25, 0.3) is 0 Å². The van der Waals surface area contributed by atoms with Gasteiger partial charge in [-0.1, -0.05) is 25.2 Å². The lowest BCUT2D eigenvalue weighted by atomic mass is 10.3. The molecule has 14 heavy (non-hydrogen) atoms. The Morgan fingerprint density at radius 2 is 2.21 bits per heavy atom. The van der Waals surface area contributed by atoms with Crippen molar-refractivity contribution in [2.24, 2.45) is 0 Å². The summed E-state index contributed by atoms with van der Waals surface area (Å²) in [5.74, 6) is 0. The summed E-state index contributed by atoms with van der Waals surface area (Å²) in [6.45, 7) is 8.79. The second-order valence-electron chi connectivity index (χ2n) is 3.05. The molecule has 0 aliphatic rings. The molecule has 0 fully saturated rings. The molecule has 1 rings (SSSR count). The standard InChI is InChI=1S/C9H18N4S/c1-3-13(4-2)7-5-6-10-9-12-11-8-14-9/h8H,3-7H2,1-2H3,(H,10,12). The first-order chi connectivity index (χ1) is 6.86. The van der Waals surface area contributed by atoms with Crippen molar-refractivity contribution in [2.45, 2.75) is 20.3 Å². The Hall–Kier alpha value is -0.680. The van der Waals surface area contributed by atoms with Crippen LogP contribution in [0.15, 0.2) is 5.51 Å². The van der Waals surface area contributed by atoms with E-state index in [-0.39, 0.29) is 0 Å². The first kappa shape index (κ1) is 11.4. The molecule has 0 atom stereocenters. The maximum atomic E-state index is 3.92. The summed E-state index contributed by atoms with van der Waals surface area (Å²) in [6.07, 6.45) is 1.15. The molecule has 1 N–H and O–H groups in total. The van der Waals surface area contributed by atoms with Gasteiger partial charge in [-0.05, 0) is 26.1 Å². The molecule has 0 aromatic carbocycles. The Morgan fingerprint density at radius 3 is 2.79 bits per heavy atom. The third kappa shape index (κ3) is 4.02. The topological polar surface area (TPSA) is 41.0 Å². The molecule has 0 bridgehead atoms. The molecular weight excluding hydrogens is 196 g/mol. The van der Waals surface area contributed by atoms with Crippen molar-refractivity contribution in [1.29, 1.82) is 0 Å². The number of hydrogen-bond donors (Lipinski definition) is 1. The van der Waals surface area contributed by atoms with E-state index in [0.29, 0.717) is 0 Å². The van der Waals surface area contributed by atoms with Crippen LogP contribution in [0.4, 0.5) is 5.13 Å². The van der Waals surface area contributed by atoms with Gasteiger partial charge in [-0.25, -0.2) is 0 Å². The summed E-state index contributed by atoms with van der Waals surface area (Å²) in [6, 6.07) is 0. The Labute approximate surface area is 89.3 Å². The molecule has 0 aliphatic carbocycles. The Kier molecular flexibility index (Phi) is 5.47. The number of rotatable bonds is 7. The third-order valence-corrected chi connectivity index (χ3v) is 2.83. The molecule has 0 radical (unpaired) electrons. The number of anilines is 1. The van der Waals surface area contributed by atoms with Gasteiger partial charge in [-0.3, -0.25) is 0 Å². The first-order valence-electron chi connectivity index (χ1n) is 5.09. The predicted octanol–water partition coefficient (Wildman–Crippen LogP) is 1.68. The molecule has 0 amide bonds. The molecule has 0 saturated carbocycles. The second kappa shape index (κ2) is 6.73. The van der Waals surface area contributed by atoms with Crippen molar-refractivity contribution in [3.05, 3.63) is 5.51 Å². The van der Waals surface area contributed by atoms with E-state index in [1.165, 1.54) is 0 Å². The van der Waals surface area contributed by atoms with Crippen LogP contribution < -0.4 is 5.32 Å². The average molecular weight is 214 g/mol. The normalized spacial score (nSPS) is 10.8. The van der Waals surface area contributed by atoms with Crippen LogP contribution in [0.2, 0.25) is 0 Å². The molecule has 1 aromatic rings. The van der Waals surface area contributed by atoms with Gasteiger partial charge in [0.1, 0.15) is 5.51 Å². The van der Waals surface area contributed by atoms with Gasteiger partial charge in [0.2, 0.25) is 5.13 Å². The lowest BCUT2D eigenvalue weighted by Gasteiger charge is -2.17. The minimum absolute atomic E-state index is 0.921. The molecule has 4 nitrogen and oxygen atoms in total. The molecule has 1 heterocycles. The van der Waals surface area contributed by atoms with Crippen molar-refractivity contribution in [1.82, 2.24) is 15.1 Å². The lowest BCUT2D eigenvalue weighted by Crippen LogP contribution is -2.25. The van der Waals surface area contributed by atoms with E-state index in [1.54, 1.807) is 16.8 Å². The van der Waals surface area contributed by atoms with Crippen molar-refractivity contribution in [3.63, 3.8) is 0 Å². The van der Waals surface area contributed by atoms with E-state index in [4.69, 9.17) is 0 Å². The zero-order valence-corrected chi connectivity index (χ0v) is 9.68. The highest BCUT2D eigenvalue weighted by Crippen LogP contribution is 2.07. The van der Waals surface area contributed by atoms with Gasteiger partial charge in [0.15, 0.2) is 0 Å². The highest BCUT2D eigenvalue weighted by Gasteiger charge is 1.98. The van der Waals surface area contributed by atoms with E-state index in [1.807, 2.05) is 0 Å². The fourth-order valence-corrected chi connectivity index (χ4v) is 1.76. The molecule has 80 valence electrons. The van der Waals surface area contributed by atoms with Crippen LogP contribution in [-0.2, 0) is 0 Å². The maximum absolute atomic E-state index is 3.92. The molecule has 0 spiro atoms. The van der Waals surface area contributed by atoms with Crippen LogP contribution >= 0.6 is 11.3 Å². The van der Waals surface area contributed by atoms with Gasteiger partial charge in [0, 0.05) is 6.54 Å². The molecule has 1 aromatic heterocycles. The van der Waals surface area contributed by atoms with Crippen LogP contribution in [0, 0.1) is 0 Å². The Bertz CT molecular complexity index is 221. The van der Waals surface area contributed by atoms with Gasteiger partial charge in [-0.15, -0.1) is 10.2 Å². The number of hydrogen-bond acceptors (Lipinski definition) is 5. The number of aromatic nitrogens is 2. The van der Waals surface area contributed by atoms with Crippen LogP contribution in [0.1, 0.15) is 20.3 Å². The number of nitrogens with zero attached hydrogens (tertiary/aromatic N) is 3. The van der Waals surface area contributed by atoms with Gasteiger partial charge in [0.05, 0.1) is 0 Å². The molecule has 0 unspecified atom stereocenters. The summed E-state index contributed by atoms with van der Waals surface area (Å²) in [5, 5.41) is 11.8. The van der Waals surface area contributed by atoms with E-state index in [0.717, 1.165) is 37.7 Å². The van der Waals surface area contributed by atoms with E-state index < -0.39 is 0 Å². The quantitative estimate of drug-likeness (QED) is 0.701. The highest BCUT2D eigenvalue weighted by atomic mass is 32.1. The summed E-state index contributed by atoms with van der Waals surface area (Å²) < 4.78 is 0. The predicted molar refractivity (Wildman–Crippen MR) is 60.8 cm³/mol. The smallest absolute Gasteiger partial charge is 0.205 e. The van der Waals surface area contributed by atoms with E-state index >= 15 is 0 Å². The van der Waals surface area contributed by atoms with Crippen molar-refractivity contribution >= 4 is 16.5 Å². The summed E-state index contributed by atoms with van der Waals surface area (Å²) in [4.78, 5) is 2.42. The molecular formula is C9H18N4S. The molecule has 5 heteroatoms. The third-order valence-electron chi connectivity index (χ3n) is 2.18. The van der Waals surface area contributed by atoms with Gasteiger partial charge in [-0.2, -0.15) is 0 Å². The van der Waals surface area contributed by atoms with E-state index in [9.17, 15) is 0 Å². The summed E-state index contributed by atoms with van der Waals surface area (Å²) in [7, 11) is 0. The SMILES string of the molecule is CCN(CC)CCCNc1nncs1. The number of nitrogens with one attached hydrogen (secondary N) is 1. The van der Waals surface area contributed by atoms with Crippen LogP contribution in [0.5, 0.6) is 0 Å². The first-order valence-corrected chi connectivity index (χ1v) is 5.97. The fourth-order valence-electron chi connectivity index (χ4n) is 1.29. The van der Waals surface area contributed by atoms with Gasteiger partial charge in [0.25, 0.3) is 0 Å². The Balaban J connectivity index is 2.04. The summed E-state index contributed by atoms with van der Waals surface area (Å²) >= 11 is 1.55. The highest BCUT2D eigenvalue weighted by molar-refractivity contribution is 7.13. The fraction of sp³-hybridized carbons (Fsp3) is 0.778. The van der Waals surface area contributed by atoms with Gasteiger partial charge >= 0.3 is 0 Å². The van der Waals surface area contributed by atoms with Crippen LogP contribution in [0.3, 0.4) is 0 Å². The molecule has 0 aliphatic heterocycles. The zero-order chi connectivity index (χ0) is 10.2. The summed E-state index contributed by atoms with van der Waals surface area (Å²) in [5.41, 5.74) is 1.74. The largest absolute Gasteiger partial charge is 0.360 e. The minimum Gasteiger partial charge on any atom is -0.360 e. The lowest BCUT2D eigenvalue weighted by molar-refractivity contribution is 0.303. The van der Waals surface area contributed by atoms with Gasteiger partial charge < -0.3 is 10.2 Å². The maximum Gasteiger partial charge on any atom is 0.205 e. The van der Waals surface area contributed by atoms with E-state index in [2.05, 4.69) is 34.3 Å². The monoisotopic (exact) mass is 214 g/mol. The minimum atomic E-state index is 0.921. The average Bonchev–Trinajstić information content (AvgIpc) is 2.71. The Morgan fingerprint density at radius 1 is 1.43 bits per heavy atom. The molecule has 0 saturated heterocycles. The zero-order valence-electron chi connectivity index (χ0n) is 8.86.